The van der Waals surface area contributed by atoms with Crippen LogP contribution in [-0.4, -0.2) is 14.6 Å². The van der Waals surface area contributed by atoms with Gasteiger partial charge in [-0.05, 0) is 36.2 Å². The van der Waals surface area contributed by atoms with Crippen LogP contribution in [0.3, 0.4) is 0 Å². The molecule has 0 fully saturated rings. The summed E-state index contributed by atoms with van der Waals surface area (Å²) in [5, 5.41) is 4.67. The molecule has 0 bridgehead atoms. The molecule has 0 N–H and O–H groups in total. The first-order chi connectivity index (χ1) is 9.26. The minimum Gasteiger partial charge on any atom is -0.454 e. The summed E-state index contributed by atoms with van der Waals surface area (Å²) in [4.78, 5) is 4.08. The van der Waals surface area contributed by atoms with Crippen molar-refractivity contribution in [3.8, 4) is 11.5 Å². The highest BCUT2D eigenvalue weighted by Crippen LogP contribution is 2.30. The fourth-order valence-electron chi connectivity index (χ4n) is 1.83. The van der Waals surface area contributed by atoms with Crippen LogP contribution < -0.4 is 4.74 Å². The van der Waals surface area contributed by atoms with Crippen LogP contribution in [0.1, 0.15) is 12.5 Å². The van der Waals surface area contributed by atoms with E-state index in [-0.39, 0.29) is 0 Å². The number of aryl methyl sites for hydroxylation is 1. The molecule has 0 aliphatic carbocycles. The Morgan fingerprint density at radius 1 is 1.26 bits per heavy atom. The first-order valence-electron chi connectivity index (χ1n) is 6.02. The normalized spacial score (nSPS) is 10.8. The van der Waals surface area contributed by atoms with Crippen LogP contribution in [0.25, 0.3) is 5.65 Å². The summed E-state index contributed by atoms with van der Waals surface area (Å²) in [5.41, 5.74) is 1.96. The Kier molecular flexibility index (Phi) is 3.09. The Morgan fingerprint density at radius 2 is 2.16 bits per heavy atom. The Labute approximate surface area is 115 Å². The summed E-state index contributed by atoms with van der Waals surface area (Å²) in [6, 6.07) is 9.50. The standard InChI is InChI=1S/C14H12ClN3O/c1-2-10-3-5-13(12(15)7-10)19-11-4-6-14-16-9-17-18(14)8-11/h3-9H,2H2,1H3. The van der Waals surface area contributed by atoms with Gasteiger partial charge in [-0.25, -0.2) is 9.50 Å². The fraction of sp³-hybridized carbons (Fsp3) is 0.143. The highest BCUT2D eigenvalue weighted by molar-refractivity contribution is 6.32. The van der Waals surface area contributed by atoms with Gasteiger partial charge in [0.05, 0.1) is 11.2 Å². The summed E-state index contributed by atoms with van der Waals surface area (Å²) in [6.07, 6.45) is 4.22. The summed E-state index contributed by atoms with van der Waals surface area (Å²) >= 11 is 6.20. The van der Waals surface area contributed by atoms with Gasteiger partial charge in [0.2, 0.25) is 0 Å². The third-order valence-electron chi connectivity index (χ3n) is 2.88. The zero-order valence-corrected chi connectivity index (χ0v) is 11.1. The number of hydrogen-bond donors (Lipinski definition) is 0. The van der Waals surface area contributed by atoms with Gasteiger partial charge >= 0.3 is 0 Å². The molecule has 0 aliphatic heterocycles. The van der Waals surface area contributed by atoms with Crippen LogP contribution in [0.4, 0.5) is 0 Å². The molecule has 19 heavy (non-hydrogen) atoms. The number of halogens is 1. The lowest BCUT2D eigenvalue weighted by Gasteiger charge is -2.08. The van der Waals surface area contributed by atoms with Crippen molar-refractivity contribution in [2.45, 2.75) is 13.3 Å². The second-order valence-corrected chi connectivity index (χ2v) is 4.56. The molecule has 3 aromatic rings. The molecule has 1 aromatic carbocycles. The highest BCUT2D eigenvalue weighted by Gasteiger charge is 2.05. The largest absolute Gasteiger partial charge is 0.454 e. The van der Waals surface area contributed by atoms with Crippen LogP contribution in [-0.2, 0) is 6.42 Å². The third kappa shape index (κ3) is 2.39. The average Bonchev–Trinajstić information content (AvgIpc) is 2.88. The number of fused-ring (bicyclic) bond motifs is 1. The molecule has 0 aliphatic rings. The Morgan fingerprint density at radius 3 is 2.95 bits per heavy atom. The molecule has 0 radical (unpaired) electrons. The van der Waals surface area contributed by atoms with Gasteiger partial charge in [0, 0.05) is 0 Å². The van der Waals surface area contributed by atoms with Crippen molar-refractivity contribution in [1.29, 1.82) is 0 Å². The lowest BCUT2D eigenvalue weighted by atomic mass is 10.2. The number of pyridine rings is 1. The SMILES string of the molecule is CCc1ccc(Oc2ccc3ncnn3c2)c(Cl)c1. The predicted molar refractivity (Wildman–Crippen MR) is 73.9 cm³/mol. The van der Waals surface area contributed by atoms with E-state index in [9.17, 15) is 0 Å². The molecule has 5 heteroatoms. The lowest BCUT2D eigenvalue weighted by molar-refractivity contribution is 0.478. The van der Waals surface area contributed by atoms with E-state index in [1.54, 1.807) is 10.7 Å². The summed E-state index contributed by atoms with van der Waals surface area (Å²) < 4.78 is 7.42. The van der Waals surface area contributed by atoms with Crippen LogP contribution in [0.5, 0.6) is 11.5 Å². The number of ether oxygens (including phenoxy) is 1. The predicted octanol–water partition coefficient (Wildman–Crippen LogP) is 3.74. The van der Waals surface area contributed by atoms with Gasteiger partial charge in [0.1, 0.15) is 17.8 Å². The Bertz CT molecular complexity index is 724. The highest BCUT2D eigenvalue weighted by atomic mass is 35.5. The van der Waals surface area contributed by atoms with Gasteiger partial charge in [-0.3, -0.25) is 0 Å². The third-order valence-corrected chi connectivity index (χ3v) is 3.17. The maximum Gasteiger partial charge on any atom is 0.155 e. The number of aromatic nitrogens is 3. The minimum atomic E-state index is 0.609. The molecule has 3 rings (SSSR count). The molecule has 0 saturated heterocycles. The monoisotopic (exact) mass is 273 g/mol. The van der Waals surface area contributed by atoms with Gasteiger partial charge in [0.15, 0.2) is 5.65 Å². The Hall–Kier alpha value is -2.07. The van der Waals surface area contributed by atoms with E-state index in [1.807, 2.05) is 30.3 Å². The topological polar surface area (TPSA) is 39.4 Å². The van der Waals surface area contributed by atoms with Crippen LogP contribution in [0, 0.1) is 0 Å². The van der Waals surface area contributed by atoms with Crippen molar-refractivity contribution in [3.63, 3.8) is 0 Å². The van der Waals surface area contributed by atoms with Crippen LogP contribution in [0.2, 0.25) is 5.02 Å². The van der Waals surface area contributed by atoms with E-state index in [4.69, 9.17) is 16.3 Å². The summed E-state index contributed by atoms with van der Waals surface area (Å²) in [6.45, 7) is 2.09. The second-order valence-electron chi connectivity index (χ2n) is 4.15. The minimum absolute atomic E-state index is 0.609. The molecule has 0 spiro atoms. The summed E-state index contributed by atoms with van der Waals surface area (Å²) in [5.74, 6) is 1.31. The van der Waals surface area contributed by atoms with E-state index >= 15 is 0 Å². The van der Waals surface area contributed by atoms with Crippen LogP contribution in [0.15, 0.2) is 42.9 Å². The fourth-order valence-corrected chi connectivity index (χ4v) is 2.07. The van der Waals surface area contributed by atoms with E-state index in [0.29, 0.717) is 16.5 Å². The first-order valence-corrected chi connectivity index (χ1v) is 6.40. The van der Waals surface area contributed by atoms with Gasteiger partial charge in [-0.15, -0.1) is 0 Å². The van der Waals surface area contributed by atoms with E-state index in [2.05, 4.69) is 17.0 Å². The molecule has 2 heterocycles. The van der Waals surface area contributed by atoms with Gasteiger partial charge < -0.3 is 4.74 Å². The van der Waals surface area contributed by atoms with E-state index in [1.165, 1.54) is 11.9 Å². The molecule has 96 valence electrons. The molecule has 4 nitrogen and oxygen atoms in total. The first kappa shape index (κ1) is 12.0. The van der Waals surface area contributed by atoms with E-state index < -0.39 is 0 Å². The molecule has 0 atom stereocenters. The molecule has 0 saturated carbocycles. The van der Waals surface area contributed by atoms with Crippen LogP contribution >= 0.6 is 11.6 Å². The quantitative estimate of drug-likeness (QED) is 0.730. The molecular weight excluding hydrogens is 262 g/mol. The maximum atomic E-state index is 6.20. The second kappa shape index (κ2) is 4.90. The van der Waals surface area contributed by atoms with Gasteiger partial charge in [-0.2, -0.15) is 5.10 Å². The van der Waals surface area contributed by atoms with Gasteiger partial charge in [0.25, 0.3) is 0 Å². The smallest absolute Gasteiger partial charge is 0.155 e. The number of nitrogens with zero attached hydrogens (tertiary/aromatic N) is 3. The van der Waals surface area contributed by atoms with E-state index in [0.717, 1.165) is 12.1 Å². The van der Waals surface area contributed by atoms with Gasteiger partial charge in [-0.1, -0.05) is 24.6 Å². The summed E-state index contributed by atoms with van der Waals surface area (Å²) in [7, 11) is 0. The number of hydrogen-bond acceptors (Lipinski definition) is 3. The molecule has 0 unspecified atom stereocenters. The lowest BCUT2D eigenvalue weighted by Crippen LogP contribution is -1.91. The average molecular weight is 274 g/mol. The molecular formula is C14H12ClN3O. The molecule has 0 amide bonds. The van der Waals surface area contributed by atoms with Crippen molar-refractivity contribution in [1.82, 2.24) is 14.6 Å². The van der Waals surface area contributed by atoms with Crippen molar-refractivity contribution in [2.24, 2.45) is 0 Å². The zero-order chi connectivity index (χ0) is 13.2. The van der Waals surface area contributed by atoms with Crippen molar-refractivity contribution >= 4 is 17.2 Å². The zero-order valence-electron chi connectivity index (χ0n) is 10.4. The Balaban J connectivity index is 1.91. The molecule has 2 aromatic heterocycles. The number of benzene rings is 1. The van der Waals surface area contributed by atoms with Crippen molar-refractivity contribution in [3.05, 3.63) is 53.4 Å². The van der Waals surface area contributed by atoms with Crippen molar-refractivity contribution < 1.29 is 4.74 Å². The maximum absolute atomic E-state index is 6.20. The number of rotatable bonds is 3. The van der Waals surface area contributed by atoms with Crippen molar-refractivity contribution in [2.75, 3.05) is 0 Å².